The standard InChI is InChI=1S/C17H16N2O4/c20-14(15(21)17(22)23)16-18-12-8-4-5-9-13(12)19(16)10-11-6-2-1-3-7-11/h1-9,14-15,20-21H,10H2,(H,22,23). The summed E-state index contributed by atoms with van der Waals surface area (Å²) >= 11 is 0. The fraction of sp³-hybridized carbons (Fsp3) is 0.176. The van der Waals surface area contributed by atoms with Gasteiger partial charge in [-0.05, 0) is 17.7 Å². The molecule has 2 atom stereocenters. The number of aliphatic hydroxyl groups is 2. The molecule has 1 heterocycles. The summed E-state index contributed by atoms with van der Waals surface area (Å²) in [6.07, 6.45) is -3.54. The highest BCUT2D eigenvalue weighted by molar-refractivity contribution is 5.77. The van der Waals surface area contributed by atoms with Crippen molar-refractivity contribution in [2.24, 2.45) is 0 Å². The molecule has 0 radical (unpaired) electrons. The molecule has 2 unspecified atom stereocenters. The molecule has 6 nitrogen and oxygen atoms in total. The minimum absolute atomic E-state index is 0.130. The minimum Gasteiger partial charge on any atom is -0.479 e. The van der Waals surface area contributed by atoms with Crippen LogP contribution in [0.2, 0.25) is 0 Å². The lowest BCUT2D eigenvalue weighted by atomic mass is 10.1. The first-order valence-corrected chi connectivity index (χ1v) is 7.16. The average Bonchev–Trinajstić information content (AvgIpc) is 2.93. The van der Waals surface area contributed by atoms with E-state index in [0.717, 1.165) is 11.1 Å². The highest BCUT2D eigenvalue weighted by Crippen LogP contribution is 2.24. The number of carboxylic acids is 1. The summed E-state index contributed by atoms with van der Waals surface area (Å²) in [6.45, 7) is 0.417. The van der Waals surface area contributed by atoms with E-state index < -0.39 is 18.2 Å². The van der Waals surface area contributed by atoms with Gasteiger partial charge in [0.2, 0.25) is 0 Å². The third-order valence-electron chi connectivity index (χ3n) is 3.68. The molecular weight excluding hydrogens is 296 g/mol. The summed E-state index contributed by atoms with van der Waals surface area (Å²) < 4.78 is 1.72. The minimum atomic E-state index is -1.93. The number of nitrogens with zero attached hydrogens (tertiary/aromatic N) is 2. The first-order chi connectivity index (χ1) is 11.1. The number of hydrogen-bond donors (Lipinski definition) is 3. The zero-order valence-corrected chi connectivity index (χ0v) is 12.2. The second kappa shape index (κ2) is 6.20. The molecule has 23 heavy (non-hydrogen) atoms. The highest BCUT2D eigenvalue weighted by Gasteiger charge is 2.30. The van der Waals surface area contributed by atoms with Crippen LogP contribution in [0.15, 0.2) is 54.6 Å². The molecule has 0 spiro atoms. The predicted octanol–water partition coefficient (Wildman–Crippen LogP) is 1.56. The summed E-state index contributed by atoms with van der Waals surface area (Å²) in [5.74, 6) is -1.36. The Labute approximate surface area is 132 Å². The SMILES string of the molecule is O=C(O)C(O)C(O)c1nc2ccccc2n1Cc1ccccc1. The van der Waals surface area contributed by atoms with Crippen molar-refractivity contribution in [3.63, 3.8) is 0 Å². The van der Waals surface area contributed by atoms with Gasteiger partial charge in [-0.2, -0.15) is 0 Å². The quantitative estimate of drug-likeness (QED) is 0.664. The number of benzene rings is 2. The number of aliphatic carboxylic acids is 1. The zero-order valence-electron chi connectivity index (χ0n) is 12.2. The van der Waals surface area contributed by atoms with Crippen molar-refractivity contribution in [2.45, 2.75) is 18.8 Å². The molecule has 0 fully saturated rings. The van der Waals surface area contributed by atoms with Crippen LogP contribution in [0, 0.1) is 0 Å². The number of fused-ring (bicyclic) bond motifs is 1. The van der Waals surface area contributed by atoms with Gasteiger partial charge >= 0.3 is 5.97 Å². The molecule has 3 rings (SSSR count). The topological polar surface area (TPSA) is 95.6 Å². The smallest absolute Gasteiger partial charge is 0.335 e. The molecule has 0 aliphatic heterocycles. The van der Waals surface area contributed by atoms with E-state index in [1.54, 1.807) is 10.6 Å². The Morgan fingerprint density at radius 2 is 1.70 bits per heavy atom. The van der Waals surface area contributed by atoms with Crippen molar-refractivity contribution in [2.75, 3.05) is 0 Å². The van der Waals surface area contributed by atoms with E-state index in [2.05, 4.69) is 4.98 Å². The monoisotopic (exact) mass is 312 g/mol. The zero-order chi connectivity index (χ0) is 16.4. The van der Waals surface area contributed by atoms with Crippen molar-refractivity contribution in [1.29, 1.82) is 0 Å². The van der Waals surface area contributed by atoms with Crippen molar-refractivity contribution >= 4 is 17.0 Å². The van der Waals surface area contributed by atoms with E-state index in [9.17, 15) is 15.0 Å². The summed E-state index contributed by atoms with van der Waals surface area (Å²) in [5.41, 5.74) is 2.38. The Kier molecular flexibility index (Phi) is 4.10. The van der Waals surface area contributed by atoms with Crippen LogP contribution >= 0.6 is 0 Å². The number of carbonyl (C=O) groups is 1. The number of carboxylic acid groups (broad SMARTS) is 1. The van der Waals surface area contributed by atoms with E-state index >= 15 is 0 Å². The lowest BCUT2D eigenvalue weighted by Gasteiger charge is -2.16. The van der Waals surface area contributed by atoms with Crippen LogP contribution in [-0.2, 0) is 11.3 Å². The van der Waals surface area contributed by atoms with Crippen LogP contribution in [0.5, 0.6) is 0 Å². The van der Waals surface area contributed by atoms with Crippen LogP contribution in [0.3, 0.4) is 0 Å². The van der Waals surface area contributed by atoms with Crippen molar-refractivity contribution < 1.29 is 20.1 Å². The second-order valence-corrected chi connectivity index (χ2v) is 5.26. The van der Waals surface area contributed by atoms with Crippen LogP contribution in [0.25, 0.3) is 11.0 Å². The van der Waals surface area contributed by atoms with Crippen LogP contribution in [0.1, 0.15) is 17.5 Å². The van der Waals surface area contributed by atoms with E-state index in [1.165, 1.54) is 0 Å². The molecule has 3 N–H and O–H groups in total. The van der Waals surface area contributed by atoms with Gasteiger partial charge in [-0.3, -0.25) is 0 Å². The fourth-order valence-electron chi connectivity index (χ4n) is 2.53. The Hall–Kier alpha value is -2.70. The molecule has 0 saturated carbocycles. The van der Waals surface area contributed by atoms with E-state index in [-0.39, 0.29) is 5.82 Å². The Morgan fingerprint density at radius 3 is 2.39 bits per heavy atom. The number of imidazole rings is 1. The van der Waals surface area contributed by atoms with Gasteiger partial charge in [0.15, 0.2) is 6.10 Å². The molecular formula is C17H16N2O4. The average molecular weight is 312 g/mol. The molecule has 0 bridgehead atoms. The molecule has 0 saturated heterocycles. The van der Waals surface area contributed by atoms with Gasteiger partial charge in [-0.25, -0.2) is 9.78 Å². The van der Waals surface area contributed by atoms with E-state index in [4.69, 9.17) is 5.11 Å². The molecule has 0 aliphatic carbocycles. The van der Waals surface area contributed by atoms with Crippen molar-refractivity contribution in [3.05, 3.63) is 66.0 Å². The number of aromatic nitrogens is 2. The summed E-state index contributed by atoms with van der Waals surface area (Å²) in [4.78, 5) is 15.3. The lowest BCUT2D eigenvalue weighted by Crippen LogP contribution is -2.29. The molecule has 3 aromatic rings. The van der Waals surface area contributed by atoms with E-state index in [0.29, 0.717) is 12.1 Å². The summed E-state index contributed by atoms with van der Waals surface area (Å²) in [6, 6.07) is 16.8. The third kappa shape index (κ3) is 2.94. The van der Waals surface area contributed by atoms with Crippen molar-refractivity contribution in [3.8, 4) is 0 Å². The Bertz CT molecular complexity index is 829. The molecule has 1 aromatic heterocycles. The highest BCUT2D eigenvalue weighted by atomic mass is 16.4. The van der Waals surface area contributed by atoms with Crippen LogP contribution < -0.4 is 0 Å². The maximum atomic E-state index is 11.0. The van der Waals surface area contributed by atoms with Gasteiger partial charge in [0.05, 0.1) is 11.0 Å². The fourth-order valence-corrected chi connectivity index (χ4v) is 2.53. The molecule has 0 amide bonds. The first kappa shape index (κ1) is 15.2. The maximum Gasteiger partial charge on any atom is 0.335 e. The normalized spacial score (nSPS) is 13.8. The van der Waals surface area contributed by atoms with Gasteiger partial charge in [-0.15, -0.1) is 0 Å². The largest absolute Gasteiger partial charge is 0.479 e. The molecule has 2 aromatic carbocycles. The number of para-hydroxylation sites is 2. The summed E-state index contributed by atoms with van der Waals surface area (Å²) in [7, 11) is 0. The van der Waals surface area contributed by atoms with E-state index in [1.807, 2.05) is 48.5 Å². The van der Waals surface area contributed by atoms with Crippen molar-refractivity contribution in [1.82, 2.24) is 9.55 Å². The molecule has 0 aliphatic rings. The molecule has 6 heteroatoms. The number of rotatable bonds is 5. The first-order valence-electron chi connectivity index (χ1n) is 7.16. The lowest BCUT2D eigenvalue weighted by molar-refractivity contribution is -0.153. The van der Waals surface area contributed by atoms with Gasteiger partial charge in [-0.1, -0.05) is 42.5 Å². The van der Waals surface area contributed by atoms with Crippen LogP contribution in [0.4, 0.5) is 0 Å². The molecule has 118 valence electrons. The number of hydrogen-bond acceptors (Lipinski definition) is 4. The van der Waals surface area contributed by atoms with Gasteiger partial charge in [0.1, 0.15) is 11.9 Å². The van der Waals surface area contributed by atoms with Crippen LogP contribution in [-0.4, -0.2) is 36.9 Å². The van der Waals surface area contributed by atoms with Gasteiger partial charge in [0, 0.05) is 6.54 Å². The number of aliphatic hydroxyl groups excluding tert-OH is 2. The van der Waals surface area contributed by atoms with Gasteiger partial charge < -0.3 is 19.9 Å². The maximum absolute atomic E-state index is 11.0. The Balaban J connectivity index is 2.09. The predicted molar refractivity (Wildman–Crippen MR) is 83.9 cm³/mol. The third-order valence-corrected chi connectivity index (χ3v) is 3.68. The van der Waals surface area contributed by atoms with Gasteiger partial charge in [0.25, 0.3) is 0 Å². The Morgan fingerprint density at radius 1 is 1.04 bits per heavy atom. The summed E-state index contributed by atoms with van der Waals surface area (Å²) in [5, 5.41) is 28.8. The second-order valence-electron chi connectivity index (χ2n) is 5.26.